The van der Waals surface area contributed by atoms with Crippen LogP contribution in [0.5, 0.6) is 0 Å². The van der Waals surface area contributed by atoms with E-state index in [-0.39, 0.29) is 16.2 Å². The Balaban J connectivity index is 1.90. The first-order valence-corrected chi connectivity index (χ1v) is 18.4. The zero-order chi connectivity index (χ0) is 25.0. The zero-order valence-corrected chi connectivity index (χ0v) is 25.3. The summed E-state index contributed by atoms with van der Waals surface area (Å²) in [6.45, 7) is 25.9. The molecule has 1 aliphatic carbocycles. The van der Waals surface area contributed by atoms with Gasteiger partial charge in [0.25, 0.3) is 0 Å². The summed E-state index contributed by atoms with van der Waals surface area (Å²) in [5.74, 6) is 1.08. The van der Waals surface area contributed by atoms with Crippen LogP contribution in [0.25, 0.3) is 11.0 Å². The average molecular weight is 510 g/mol. The van der Waals surface area contributed by atoms with Crippen LogP contribution in [-0.2, 0) is 8.85 Å². The highest BCUT2D eigenvalue weighted by Gasteiger charge is 2.46. The molecule has 3 atom stereocenters. The van der Waals surface area contributed by atoms with E-state index in [4.69, 9.17) is 25.4 Å². The highest BCUT2D eigenvalue weighted by Crippen LogP contribution is 2.45. The molecule has 0 spiro atoms. The number of hydrogen-bond donors (Lipinski definition) is 0. The van der Waals surface area contributed by atoms with Crippen LogP contribution < -0.4 is 0 Å². The van der Waals surface area contributed by atoms with Crippen molar-refractivity contribution in [3.8, 4) is 0 Å². The molecule has 0 saturated heterocycles. The lowest BCUT2D eigenvalue weighted by atomic mass is 10.1. The van der Waals surface area contributed by atoms with Gasteiger partial charge in [-0.2, -0.15) is 0 Å². The van der Waals surface area contributed by atoms with E-state index in [9.17, 15) is 0 Å². The van der Waals surface area contributed by atoms with Crippen LogP contribution in [-0.4, -0.2) is 43.9 Å². The van der Waals surface area contributed by atoms with Crippen LogP contribution in [0.4, 0.5) is 0 Å². The molecule has 0 aromatic carbocycles. The summed E-state index contributed by atoms with van der Waals surface area (Å²) in [5, 5.41) is 1.82. The van der Waals surface area contributed by atoms with Gasteiger partial charge in [0.15, 0.2) is 16.6 Å². The molecule has 1 saturated carbocycles. The Morgan fingerprint density at radius 2 is 1.61 bits per heavy atom. The number of rotatable bonds is 6. The summed E-state index contributed by atoms with van der Waals surface area (Å²) < 4.78 is 16.0. The molecule has 2 aromatic heterocycles. The maximum absolute atomic E-state index is 7.02. The van der Waals surface area contributed by atoms with Crippen molar-refractivity contribution in [1.82, 2.24) is 14.5 Å². The van der Waals surface area contributed by atoms with Crippen molar-refractivity contribution < 1.29 is 8.85 Å². The molecular formula is C25H44ClN3O2Si2. The molecular weight excluding hydrogens is 466 g/mol. The van der Waals surface area contributed by atoms with Gasteiger partial charge in [0, 0.05) is 24.8 Å². The summed E-state index contributed by atoms with van der Waals surface area (Å²) in [4.78, 5) is 9.07. The van der Waals surface area contributed by atoms with E-state index >= 15 is 0 Å². The van der Waals surface area contributed by atoms with Gasteiger partial charge in [0.05, 0.1) is 11.5 Å². The fourth-order valence-corrected chi connectivity index (χ4v) is 6.82. The third kappa shape index (κ3) is 5.58. The van der Waals surface area contributed by atoms with Crippen molar-refractivity contribution in [2.24, 2.45) is 5.92 Å². The molecule has 0 aliphatic heterocycles. The Morgan fingerprint density at radius 3 is 2.18 bits per heavy atom. The van der Waals surface area contributed by atoms with E-state index < -0.39 is 16.6 Å². The third-order valence-corrected chi connectivity index (χ3v) is 17.6. The molecule has 1 fully saturated rings. The van der Waals surface area contributed by atoms with Crippen LogP contribution in [0, 0.1) is 12.8 Å². The standard InChI is InChI=1S/C25H44ClN3O2Si2/c1-17-27-22(26)20-12-13-29(23(20)28-17)19-14-18(16-30-32(8,9)24(2,3)4)21(15-19)31-33(10,11)25(5,6)7/h12-13,18-19,21H,14-16H2,1-11H3/t18-,19+,21-/m0/s1. The normalized spacial score (nSPS) is 23.0. The summed E-state index contributed by atoms with van der Waals surface area (Å²) >= 11 is 6.42. The minimum absolute atomic E-state index is 0.175. The molecule has 5 nitrogen and oxygen atoms in total. The Kier molecular flexibility index (Phi) is 7.36. The summed E-state index contributed by atoms with van der Waals surface area (Å²) in [7, 11) is -3.74. The van der Waals surface area contributed by atoms with E-state index in [0.29, 0.717) is 22.9 Å². The fraction of sp³-hybridized carbons (Fsp3) is 0.760. The third-order valence-electron chi connectivity index (χ3n) is 8.35. The number of aryl methyl sites for hydroxylation is 1. The molecule has 0 unspecified atom stereocenters. The molecule has 0 amide bonds. The predicted molar refractivity (Wildman–Crippen MR) is 144 cm³/mol. The van der Waals surface area contributed by atoms with Gasteiger partial charge in [-0.05, 0) is 62.1 Å². The Labute approximate surface area is 207 Å². The minimum Gasteiger partial charge on any atom is -0.416 e. The molecule has 2 aromatic rings. The van der Waals surface area contributed by atoms with Gasteiger partial charge in [-0.3, -0.25) is 0 Å². The second-order valence-electron chi connectivity index (χ2n) is 12.9. The Hall–Kier alpha value is -0.736. The smallest absolute Gasteiger partial charge is 0.192 e. The highest BCUT2D eigenvalue weighted by molar-refractivity contribution is 6.74. The lowest BCUT2D eigenvalue weighted by Gasteiger charge is -2.41. The maximum atomic E-state index is 7.02. The predicted octanol–water partition coefficient (Wildman–Crippen LogP) is 7.76. The first kappa shape index (κ1) is 26.9. The number of nitrogens with zero attached hydrogens (tertiary/aromatic N) is 3. The van der Waals surface area contributed by atoms with Gasteiger partial charge in [-0.25, -0.2) is 9.97 Å². The molecule has 0 radical (unpaired) electrons. The van der Waals surface area contributed by atoms with Crippen LogP contribution >= 0.6 is 11.6 Å². The van der Waals surface area contributed by atoms with E-state index in [1.54, 1.807) is 0 Å². The number of hydrogen-bond acceptors (Lipinski definition) is 4. The zero-order valence-electron chi connectivity index (χ0n) is 22.5. The van der Waals surface area contributed by atoms with Crippen molar-refractivity contribution in [2.75, 3.05) is 6.61 Å². The van der Waals surface area contributed by atoms with Crippen molar-refractivity contribution in [1.29, 1.82) is 0 Å². The first-order chi connectivity index (χ1) is 14.9. The second-order valence-corrected chi connectivity index (χ2v) is 22.8. The Bertz CT molecular complexity index is 992. The van der Waals surface area contributed by atoms with Crippen molar-refractivity contribution in [3.63, 3.8) is 0 Å². The van der Waals surface area contributed by atoms with Crippen LogP contribution in [0.15, 0.2) is 12.3 Å². The van der Waals surface area contributed by atoms with Crippen LogP contribution in [0.2, 0.25) is 41.4 Å². The molecule has 186 valence electrons. The second kappa shape index (κ2) is 9.05. The van der Waals surface area contributed by atoms with E-state index in [1.807, 2.05) is 13.0 Å². The quantitative estimate of drug-likeness (QED) is 0.295. The number of fused-ring (bicyclic) bond motifs is 1. The van der Waals surface area contributed by atoms with E-state index in [1.165, 1.54) is 0 Å². The van der Waals surface area contributed by atoms with Gasteiger partial charge in [0.1, 0.15) is 16.6 Å². The fourth-order valence-electron chi connectivity index (χ4n) is 4.09. The summed E-state index contributed by atoms with van der Waals surface area (Å²) in [5.41, 5.74) is 0.926. The lowest BCUT2D eigenvalue weighted by Crippen LogP contribution is -2.46. The SMILES string of the molecule is Cc1nc(Cl)c2ccn([C@@H]3C[C@@H](CO[Si](C)(C)C(C)(C)C)[C@@H](O[Si](C)(C)C(C)(C)C)C3)c2n1. The van der Waals surface area contributed by atoms with Gasteiger partial charge in [-0.1, -0.05) is 53.1 Å². The topological polar surface area (TPSA) is 49.2 Å². The Morgan fingerprint density at radius 1 is 1.00 bits per heavy atom. The van der Waals surface area contributed by atoms with E-state index in [0.717, 1.165) is 30.5 Å². The first-order valence-electron chi connectivity index (χ1n) is 12.3. The summed E-state index contributed by atoms with van der Waals surface area (Å²) in [6, 6.07) is 2.36. The number of aromatic nitrogens is 3. The molecule has 1 aliphatic rings. The molecule has 33 heavy (non-hydrogen) atoms. The van der Waals surface area contributed by atoms with Gasteiger partial charge in [-0.15, -0.1) is 0 Å². The number of halogens is 1. The average Bonchev–Trinajstić information content (AvgIpc) is 3.21. The van der Waals surface area contributed by atoms with Crippen LogP contribution in [0.1, 0.15) is 66.3 Å². The monoisotopic (exact) mass is 509 g/mol. The lowest BCUT2D eigenvalue weighted by molar-refractivity contribution is 0.101. The minimum atomic E-state index is -1.91. The summed E-state index contributed by atoms with van der Waals surface area (Å²) in [6.07, 6.45) is 4.31. The van der Waals surface area contributed by atoms with Crippen molar-refractivity contribution >= 4 is 39.3 Å². The van der Waals surface area contributed by atoms with Gasteiger partial charge in [0.2, 0.25) is 0 Å². The largest absolute Gasteiger partial charge is 0.416 e. The molecule has 0 N–H and O–H groups in total. The van der Waals surface area contributed by atoms with E-state index in [2.05, 4.69) is 83.5 Å². The van der Waals surface area contributed by atoms with Crippen molar-refractivity contribution in [2.45, 2.75) is 110 Å². The molecule has 3 rings (SSSR count). The molecule has 2 heterocycles. The van der Waals surface area contributed by atoms with Crippen molar-refractivity contribution in [3.05, 3.63) is 23.2 Å². The van der Waals surface area contributed by atoms with Gasteiger partial charge < -0.3 is 13.4 Å². The molecule has 8 heteroatoms. The molecule has 0 bridgehead atoms. The van der Waals surface area contributed by atoms with Gasteiger partial charge >= 0.3 is 0 Å². The van der Waals surface area contributed by atoms with Crippen LogP contribution in [0.3, 0.4) is 0 Å². The maximum Gasteiger partial charge on any atom is 0.192 e. The highest BCUT2D eigenvalue weighted by atomic mass is 35.5.